The molecule has 0 fully saturated rings. The Kier molecular flexibility index (Phi) is 6.24. The topological polar surface area (TPSA) is 44.8 Å². The Bertz CT molecular complexity index is 640. The van der Waals surface area contributed by atoms with Crippen LogP contribution in [-0.4, -0.2) is 20.2 Å². The molecule has 0 amide bonds. The van der Waals surface area contributed by atoms with E-state index in [9.17, 15) is 4.79 Å². The van der Waals surface area contributed by atoms with Crippen LogP contribution in [0.4, 0.5) is 0 Å². The van der Waals surface area contributed by atoms with Gasteiger partial charge in [-0.25, -0.2) is 0 Å². The van der Waals surface area contributed by atoms with Gasteiger partial charge in [-0.3, -0.25) is 4.79 Å². The predicted octanol–water partition coefficient (Wildman–Crippen LogP) is 3.85. The SMILES string of the molecule is COc1cc(CCC(=O)OC=Cc2ccccc2)cc(OC)c1. The highest BCUT2D eigenvalue weighted by atomic mass is 16.5. The first-order valence-electron chi connectivity index (χ1n) is 7.34. The third kappa shape index (κ3) is 5.51. The van der Waals surface area contributed by atoms with Gasteiger partial charge < -0.3 is 14.2 Å². The monoisotopic (exact) mass is 312 g/mol. The smallest absolute Gasteiger partial charge is 0.310 e. The number of methoxy groups -OCH3 is 2. The summed E-state index contributed by atoms with van der Waals surface area (Å²) in [6.45, 7) is 0. The van der Waals surface area contributed by atoms with Gasteiger partial charge in [-0.15, -0.1) is 0 Å². The third-order valence-corrected chi connectivity index (χ3v) is 3.29. The number of rotatable bonds is 7. The van der Waals surface area contributed by atoms with E-state index in [2.05, 4.69) is 0 Å². The van der Waals surface area contributed by atoms with Crippen molar-refractivity contribution in [2.75, 3.05) is 14.2 Å². The summed E-state index contributed by atoms with van der Waals surface area (Å²) < 4.78 is 15.5. The number of carbonyl (C=O) groups is 1. The summed E-state index contributed by atoms with van der Waals surface area (Å²) in [5.41, 5.74) is 1.95. The molecule has 0 aliphatic rings. The van der Waals surface area contributed by atoms with Crippen molar-refractivity contribution in [3.63, 3.8) is 0 Å². The van der Waals surface area contributed by atoms with E-state index < -0.39 is 0 Å². The Morgan fingerprint density at radius 1 is 1.00 bits per heavy atom. The van der Waals surface area contributed by atoms with Crippen LogP contribution in [0.2, 0.25) is 0 Å². The first-order valence-corrected chi connectivity index (χ1v) is 7.34. The fraction of sp³-hybridized carbons (Fsp3) is 0.211. The molecule has 0 heterocycles. The zero-order valence-electron chi connectivity index (χ0n) is 13.3. The number of ether oxygens (including phenoxy) is 3. The zero-order valence-corrected chi connectivity index (χ0v) is 13.3. The predicted molar refractivity (Wildman–Crippen MR) is 89.4 cm³/mol. The molecule has 0 spiro atoms. The van der Waals surface area contributed by atoms with Crippen LogP contribution in [0.1, 0.15) is 17.5 Å². The van der Waals surface area contributed by atoms with E-state index in [1.807, 2.05) is 42.5 Å². The third-order valence-electron chi connectivity index (χ3n) is 3.29. The van der Waals surface area contributed by atoms with E-state index in [0.717, 1.165) is 11.1 Å². The number of aryl methyl sites for hydroxylation is 1. The molecule has 0 aliphatic carbocycles. The van der Waals surface area contributed by atoms with E-state index >= 15 is 0 Å². The molecular formula is C19H20O4. The summed E-state index contributed by atoms with van der Waals surface area (Å²) in [7, 11) is 3.20. The van der Waals surface area contributed by atoms with Gasteiger partial charge in [0.2, 0.25) is 0 Å². The minimum absolute atomic E-state index is 0.279. The number of hydrogen-bond donors (Lipinski definition) is 0. The molecule has 0 unspecified atom stereocenters. The lowest BCUT2D eigenvalue weighted by atomic mass is 10.1. The molecule has 2 aromatic rings. The minimum Gasteiger partial charge on any atom is -0.497 e. The summed E-state index contributed by atoms with van der Waals surface area (Å²) in [4.78, 5) is 11.8. The molecule has 0 saturated heterocycles. The maximum atomic E-state index is 11.8. The number of hydrogen-bond acceptors (Lipinski definition) is 4. The lowest BCUT2D eigenvalue weighted by Gasteiger charge is -2.08. The average molecular weight is 312 g/mol. The number of carbonyl (C=O) groups excluding carboxylic acids is 1. The van der Waals surface area contributed by atoms with Crippen molar-refractivity contribution in [2.24, 2.45) is 0 Å². The van der Waals surface area contributed by atoms with Gasteiger partial charge in [-0.1, -0.05) is 30.3 Å². The van der Waals surface area contributed by atoms with Crippen molar-refractivity contribution >= 4 is 12.0 Å². The van der Waals surface area contributed by atoms with Crippen LogP contribution in [0, 0.1) is 0 Å². The minimum atomic E-state index is -0.279. The highest BCUT2D eigenvalue weighted by Gasteiger charge is 2.06. The molecule has 0 N–H and O–H groups in total. The highest BCUT2D eigenvalue weighted by Crippen LogP contribution is 2.23. The summed E-state index contributed by atoms with van der Waals surface area (Å²) in [6.07, 6.45) is 4.03. The van der Waals surface area contributed by atoms with Crippen LogP contribution >= 0.6 is 0 Å². The first kappa shape index (κ1) is 16.6. The zero-order chi connectivity index (χ0) is 16.5. The Labute approximate surface area is 136 Å². The van der Waals surface area contributed by atoms with Gasteiger partial charge in [0.05, 0.1) is 20.5 Å². The highest BCUT2D eigenvalue weighted by molar-refractivity contribution is 5.71. The number of benzene rings is 2. The van der Waals surface area contributed by atoms with Crippen molar-refractivity contribution in [1.29, 1.82) is 0 Å². The van der Waals surface area contributed by atoms with E-state index in [1.54, 1.807) is 26.4 Å². The summed E-state index contributed by atoms with van der Waals surface area (Å²) in [6, 6.07) is 15.2. The largest absolute Gasteiger partial charge is 0.497 e. The molecule has 4 nitrogen and oxygen atoms in total. The molecule has 23 heavy (non-hydrogen) atoms. The molecular weight excluding hydrogens is 292 g/mol. The van der Waals surface area contributed by atoms with Gasteiger partial charge in [0.25, 0.3) is 0 Å². The van der Waals surface area contributed by atoms with Crippen LogP contribution in [0.3, 0.4) is 0 Å². The second-order valence-electron chi connectivity index (χ2n) is 4.92. The van der Waals surface area contributed by atoms with Gasteiger partial charge in [-0.05, 0) is 35.8 Å². The van der Waals surface area contributed by atoms with Gasteiger partial charge in [0, 0.05) is 12.5 Å². The second-order valence-corrected chi connectivity index (χ2v) is 4.92. The maximum absolute atomic E-state index is 11.8. The average Bonchev–Trinajstić information content (AvgIpc) is 2.60. The molecule has 2 aromatic carbocycles. The molecule has 0 aliphatic heterocycles. The standard InChI is InChI=1S/C19H20O4/c1-21-17-12-16(13-18(14-17)22-2)8-9-19(20)23-11-10-15-6-4-3-5-7-15/h3-7,10-14H,8-9H2,1-2H3. The van der Waals surface area contributed by atoms with Gasteiger partial charge >= 0.3 is 5.97 Å². The fourth-order valence-electron chi connectivity index (χ4n) is 2.07. The first-order chi connectivity index (χ1) is 11.2. The lowest BCUT2D eigenvalue weighted by molar-refractivity contribution is -0.137. The number of esters is 1. The maximum Gasteiger partial charge on any atom is 0.310 e. The van der Waals surface area contributed by atoms with E-state index in [0.29, 0.717) is 17.9 Å². The van der Waals surface area contributed by atoms with Crippen molar-refractivity contribution in [3.05, 3.63) is 65.9 Å². The molecule has 2 rings (SSSR count). The lowest BCUT2D eigenvalue weighted by Crippen LogP contribution is -2.02. The van der Waals surface area contributed by atoms with E-state index in [4.69, 9.17) is 14.2 Å². The van der Waals surface area contributed by atoms with Gasteiger partial charge in [-0.2, -0.15) is 0 Å². The molecule has 0 bridgehead atoms. The van der Waals surface area contributed by atoms with Crippen LogP contribution in [0.15, 0.2) is 54.8 Å². The van der Waals surface area contributed by atoms with E-state index in [1.165, 1.54) is 6.26 Å². The molecule has 0 saturated carbocycles. The van der Waals surface area contributed by atoms with Gasteiger partial charge in [0.15, 0.2) is 0 Å². The second kappa shape index (κ2) is 8.63. The normalized spacial score (nSPS) is 10.5. The van der Waals surface area contributed by atoms with Gasteiger partial charge in [0.1, 0.15) is 11.5 Å². The fourth-order valence-corrected chi connectivity index (χ4v) is 2.07. The summed E-state index contributed by atoms with van der Waals surface area (Å²) in [5.74, 6) is 1.13. The molecule has 0 atom stereocenters. The summed E-state index contributed by atoms with van der Waals surface area (Å²) >= 11 is 0. The van der Waals surface area contributed by atoms with Crippen LogP contribution in [-0.2, 0) is 16.0 Å². The summed E-state index contributed by atoms with van der Waals surface area (Å²) in [5, 5.41) is 0. The van der Waals surface area contributed by atoms with Crippen LogP contribution in [0.5, 0.6) is 11.5 Å². The van der Waals surface area contributed by atoms with Crippen molar-refractivity contribution in [3.8, 4) is 11.5 Å². The Morgan fingerprint density at radius 3 is 2.26 bits per heavy atom. The Balaban J connectivity index is 1.85. The quantitative estimate of drug-likeness (QED) is 0.575. The van der Waals surface area contributed by atoms with Crippen molar-refractivity contribution in [2.45, 2.75) is 12.8 Å². The molecule has 4 heteroatoms. The van der Waals surface area contributed by atoms with Crippen LogP contribution in [0.25, 0.3) is 6.08 Å². The molecule has 0 radical (unpaired) electrons. The van der Waals surface area contributed by atoms with Crippen molar-refractivity contribution < 1.29 is 19.0 Å². The van der Waals surface area contributed by atoms with Crippen molar-refractivity contribution in [1.82, 2.24) is 0 Å². The Morgan fingerprint density at radius 2 is 1.65 bits per heavy atom. The molecule has 120 valence electrons. The Hall–Kier alpha value is -2.75. The van der Waals surface area contributed by atoms with Crippen LogP contribution < -0.4 is 9.47 Å². The van der Waals surface area contributed by atoms with E-state index in [-0.39, 0.29) is 12.4 Å². The molecule has 0 aromatic heterocycles.